The van der Waals surface area contributed by atoms with Gasteiger partial charge in [-0.2, -0.15) is 0 Å². The van der Waals surface area contributed by atoms with Crippen LogP contribution in [-0.4, -0.2) is 36.2 Å². The molecule has 2 rings (SSSR count). The Labute approximate surface area is 112 Å². The summed E-state index contributed by atoms with van der Waals surface area (Å²) < 4.78 is 0. The Morgan fingerprint density at radius 1 is 1.42 bits per heavy atom. The molecule has 7 nitrogen and oxygen atoms in total. The van der Waals surface area contributed by atoms with Gasteiger partial charge in [-0.1, -0.05) is 19.3 Å². The Balaban J connectivity index is 0.000000218. The largest absolute Gasteiger partial charge is 0.481 e. The van der Waals surface area contributed by atoms with E-state index < -0.39 is 12.0 Å². The number of rotatable bonds is 3. The maximum absolute atomic E-state index is 10.6. The van der Waals surface area contributed by atoms with Gasteiger partial charge in [0.2, 0.25) is 0 Å². The minimum atomic E-state index is -0.706. The molecular formula is C12H23N3O4. The van der Waals surface area contributed by atoms with Gasteiger partial charge < -0.3 is 16.6 Å². The van der Waals surface area contributed by atoms with Crippen LogP contribution in [0.25, 0.3) is 0 Å². The van der Waals surface area contributed by atoms with Crippen molar-refractivity contribution >= 4 is 11.9 Å². The van der Waals surface area contributed by atoms with Gasteiger partial charge in [-0.3, -0.25) is 14.4 Å². The molecule has 1 heterocycles. The predicted octanol–water partition coefficient (Wildman–Crippen LogP) is -0.255. The minimum absolute atomic E-state index is 0.0793. The number of hydroxylamine groups is 1. The molecule has 0 aromatic heterocycles. The Morgan fingerprint density at radius 2 is 2.05 bits per heavy atom. The van der Waals surface area contributed by atoms with Crippen LogP contribution in [0.2, 0.25) is 0 Å². The predicted molar refractivity (Wildman–Crippen MR) is 68.9 cm³/mol. The average molecular weight is 273 g/mol. The Hall–Kier alpha value is -1.18. The zero-order valence-electron chi connectivity index (χ0n) is 11.1. The molecule has 1 saturated heterocycles. The zero-order valence-corrected chi connectivity index (χ0v) is 11.1. The van der Waals surface area contributed by atoms with Crippen LogP contribution in [0, 0.1) is 5.41 Å². The highest BCUT2D eigenvalue weighted by Gasteiger charge is 2.32. The summed E-state index contributed by atoms with van der Waals surface area (Å²) in [7, 11) is 0. The van der Waals surface area contributed by atoms with E-state index in [1.807, 2.05) is 0 Å². The van der Waals surface area contributed by atoms with Crippen molar-refractivity contribution in [2.24, 2.45) is 16.9 Å². The molecule has 0 aromatic rings. The van der Waals surface area contributed by atoms with Crippen molar-refractivity contribution in [2.75, 3.05) is 13.2 Å². The molecule has 2 fully saturated rings. The Kier molecular flexibility index (Phi) is 6.20. The van der Waals surface area contributed by atoms with Crippen LogP contribution in [0.15, 0.2) is 0 Å². The number of carbonyl (C=O) groups excluding carboxylic acids is 1. The molecule has 1 atom stereocenters. The van der Waals surface area contributed by atoms with Gasteiger partial charge in [0.05, 0.1) is 13.0 Å². The van der Waals surface area contributed by atoms with Gasteiger partial charge in [-0.05, 0) is 24.8 Å². The lowest BCUT2D eigenvalue weighted by atomic mass is 9.72. The fraction of sp³-hybridized carbons (Fsp3) is 0.833. The summed E-state index contributed by atoms with van der Waals surface area (Å²) in [6, 6.07) is -0.458. The van der Waals surface area contributed by atoms with E-state index in [0.717, 1.165) is 25.7 Å². The second kappa shape index (κ2) is 7.42. The van der Waals surface area contributed by atoms with E-state index in [2.05, 4.69) is 10.3 Å². The maximum Gasteiger partial charge on any atom is 0.303 e. The van der Waals surface area contributed by atoms with Gasteiger partial charge in [0, 0.05) is 0 Å². The fourth-order valence-electron chi connectivity index (χ4n) is 2.43. The van der Waals surface area contributed by atoms with Gasteiger partial charge in [-0.15, -0.1) is 0 Å². The second-order valence-corrected chi connectivity index (χ2v) is 5.22. The molecule has 19 heavy (non-hydrogen) atoms. The number of nitrogens with one attached hydrogen (secondary N) is 1. The molecule has 0 aromatic carbocycles. The van der Waals surface area contributed by atoms with E-state index in [4.69, 9.17) is 16.6 Å². The highest BCUT2D eigenvalue weighted by atomic mass is 16.7. The van der Waals surface area contributed by atoms with Crippen LogP contribution < -0.4 is 16.9 Å². The number of carboxylic acids is 1. The SMILES string of the molecule is NCC1(CC(=O)O)CCCCC1.N[C@@H]1CONC1=O. The summed E-state index contributed by atoms with van der Waals surface area (Å²) in [5.41, 5.74) is 12.8. The van der Waals surface area contributed by atoms with Gasteiger partial charge >= 0.3 is 5.97 Å². The molecule has 2 aliphatic rings. The third kappa shape index (κ3) is 5.14. The van der Waals surface area contributed by atoms with Crippen molar-refractivity contribution in [3.8, 4) is 0 Å². The molecule has 0 unspecified atom stereocenters. The first-order valence-electron chi connectivity index (χ1n) is 6.58. The lowest BCUT2D eigenvalue weighted by Gasteiger charge is -2.34. The number of amides is 1. The van der Waals surface area contributed by atoms with E-state index in [1.54, 1.807) is 0 Å². The first-order valence-corrected chi connectivity index (χ1v) is 6.58. The number of hydrogen-bond acceptors (Lipinski definition) is 5. The molecule has 1 aliphatic heterocycles. The molecule has 6 N–H and O–H groups in total. The molecule has 110 valence electrons. The van der Waals surface area contributed by atoms with E-state index in [-0.39, 0.29) is 17.7 Å². The van der Waals surface area contributed by atoms with E-state index >= 15 is 0 Å². The number of aliphatic carboxylic acids is 1. The number of nitrogens with two attached hydrogens (primary N) is 2. The van der Waals surface area contributed by atoms with Gasteiger partial charge in [0.25, 0.3) is 5.91 Å². The topological polar surface area (TPSA) is 128 Å². The van der Waals surface area contributed by atoms with Crippen molar-refractivity contribution in [3.05, 3.63) is 0 Å². The summed E-state index contributed by atoms with van der Waals surface area (Å²) in [6.45, 7) is 0.818. The van der Waals surface area contributed by atoms with Crippen LogP contribution in [-0.2, 0) is 14.4 Å². The molecule has 1 saturated carbocycles. The van der Waals surface area contributed by atoms with Crippen molar-refractivity contribution in [1.82, 2.24) is 5.48 Å². The molecular weight excluding hydrogens is 250 g/mol. The maximum atomic E-state index is 10.6. The summed E-state index contributed by atoms with van der Waals surface area (Å²) in [5.74, 6) is -0.942. The normalized spacial score (nSPS) is 25.2. The van der Waals surface area contributed by atoms with E-state index in [0.29, 0.717) is 13.2 Å². The van der Waals surface area contributed by atoms with Gasteiger partial charge in [-0.25, -0.2) is 5.48 Å². The number of carbonyl (C=O) groups is 2. The van der Waals surface area contributed by atoms with Crippen LogP contribution in [0.3, 0.4) is 0 Å². The van der Waals surface area contributed by atoms with E-state index in [1.165, 1.54) is 6.42 Å². The van der Waals surface area contributed by atoms with Gasteiger partial charge in [0.1, 0.15) is 6.04 Å². The van der Waals surface area contributed by atoms with Crippen molar-refractivity contribution in [3.63, 3.8) is 0 Å². The summed E-state index contributed by atoms with van der Waals surface area (Å²) in [6.07, 6.45) is 5.77. The van der Waals surface area contributed by atoms with Crippen LogP contribution in [0.5, 0.6) is 0 Å². The second-order valence-electron chi connectivity index (χ2n) is 5.22. The highest BCUT2D eigenvalue weighted by molar-refractivity contribution is 5.81. The zero-order chi connectivity index (χ0) is 14.3. The van der Waals surface area contributed by atoms with Crippen LogP contribution in [0.1, 0.15) is 38.5 Å². The molecule has 7 heteroatoms. The molecule has 0 bridgehead atoms. The Morgan fingerprint density at radius 3 is 2.37 bits per heavy atom. The molecule has 0 radical (unpaired) electrons. The number of carboxylic acid groups (broad SMARTS) is 1. The molecule has 0 spiro atoms. The number of hydrogen-bond donors (Lipinski definition) is 4. The summed E-state index contributed by atoms with van der Waals surface area (Å²) >= 11 is 0. The first-order chi connectivity index (χ1) is 8.99. The summed E-state index contributed by atoms with van der Waals surface area (Å²) in [4.78, 5) is 25.2. The first kappa shape index (κ1) is 15.9. The van der Waals surface area contributed by atoms with Crippen molar-refractivity contribution in [2.45, 2.75) is 44.6 Å². The molecule has 1 aliphatic carbocycles. The monoisotopic (exact) mass is 273 g/mol. The third-order valence-corrected chi connectivity index (χ3v) is 3.65. The summed E-state index contributed by atoms with van der Waals surface area (Å²) in [5, 5.41) is 8.71. The van der Waals surface area contributed by atoms with Crippen LogP contribution in [0.4, 0.5) is 0 Å². The third-order valence-electron chi connectivity index (χ3n) is 3.65. The highest BCUT2D eigenvalue weighted by Crippen LogP contribution is 2.38. The minimum Gasteiger partial charge on any atom is -0.481 e. The van der Waals surface area contributed by atoms with Crippen molar-refractivity contribution < 1.29 is 19.5 Å². The quantitative estimate of drug-likeness (QED) is 0.561. The lowest BCUT2D eigenvalue weighted by Crippen LogP contribution is -2.34. The average Bonchev–Trinajstić information content (AvgIpc) is 2.75. The molecule has 1 amide bonds. The van der Waals surface area contributed by atoms with Gasteiger partial charge in [0.15, 0.2) is 0 Å². The lowest BCUT2D eigenvalue weighted by molar-refractivity contribution is -0.140. The van der Waals surface area contributed by atoms with Crippen molar-refractivity contribution in [1.29, 1.82) is 0 Å². The standard InChI is InChI=1S/C9H17NO2.C3H6N2O2/c10-7-9(6-8(11)12)4-2-1-3-5-9;4-2-1-7-5-3(2)6/h1-7,10H2,(H,11,12);2H,1,4H2,(H,5,6)/t;2-/m.1/s1. The smallest absolute Gasteiger partial charge is 0.303 e. The van der Waals surface area contributed by atoms with E-state index in [9.17, 15) is 9.59 Å². The van der Waals surface area contributed by atoms with Crippen LogP contribution >= 0.6 is 0 Å². The Bertz CT molecular complexity index is 316. The fourth-order valence-corrected chi connectivity index (χ4v) is 2.43.